The Balaban J connectivity index is 1.35. The second-order valence-corrected chi connectivity index (χ2v) is 8.99. The molecule has 2 heterocycles. The van der Waals surface area contributed by atoms with Crippen molar-refractivity contribution < 1.29 is 9.59 Å². The molecule has 33 heavy (non-hydrogen) atoms. The van der Waals surface area contributed by atoms with Gasteiger partial charge in [-0.05, 0) is 60.7 Å². The maximum atomic E-state index is 13.6. The smallest absolute Gasteiger partial charge is 0.235 e. The molecule has 2 amide bonds. The number of nitrogens with one attached hydrogen (secondary N) is 1. The molecule has 0 unspecified atom stereocenters. The molecule has 5 rings (SSSR count). The molecule has 1 saturated heterocycles. The maximum Gasteiger partial charge on any atom is 0.235 e. The maximum absolute atomic E-state index is 13.6. The van der Waals surface area contributed by atoms with Gasteiger partial charge in [-0.1, -0.05) is 48.5 Å². The third kappa shape index (κ3) is 3.99. The van der Waals surface area contributed by atoms with Crippen LogP contribution in [0.1, 0.15) is 30.9 Å². The van der Waals surface area contributed by atoms with Gasteiger partial charge in [-0.3, -0.25) is 9.59 Å². The molecule has 0 aromatic heterocycles. The van der Waals surface area contributed by atoms with Gasteiger partial charge in [-0.25, -0.2) is 0 Å². The van der Waals surface area contributed by atoms with E-state index in [-0.39, 0.29) is 11.8 Å². The van der Waals surface area contributed by atoms with Crippen molar-refractivity contribution in [2.24, 2.45) is 0 Å². The van der Waals surface area contributed by atoms with Crippen LogP contribution in [0.3, 0.4) is 0 Å². The zero-order chi connectivity index (χ0) is 22.8. The minimum Gasteiger partial charge on any atom is -0.343 e. The second-order valence-electron chi connectivity index (χ2n) is 8.99. The van der Waals surface area contributed by atoms with Gasteiger partial charge in [0, 0.05) is 43.6 Å². The van der Waals surface area contributed by atoms with Crippen molar-refractivity contribution in [3.05, 3.63) is 90.0 Å². The lowest BCUT2D eigenvalue weighted by Crippen LogP contribution is -2.50. The molecular weight excluding hydrogens is 410 g/mol. The highest BCUT2D eigenvalue weighted by molar-refractivity contribution is 5.99. The van der Waals surface area contributed by atoms with Crippen LogP contribution in [0.5, 0.6) is 0 Å². The van der Waals surface area contributed by atoms with Gasteiger partial charge in [-0.15, -0.1) is 0 Å². The molecule has 3 aromatic rings. The molecule has 168 valence electrons. The Bertz CT molecular complexity index is 1150. The SMILES string of the molecule is CC(=O)N1CCC(C(=O)Nc2ccc(N3CCc4ccccc43)cc2)(c2ccccc2)CC1. The summed E-state index contributed by atoms with van der Waals surface area (Å²) >= 11 is 0. The Morgan fingerprint density at radius 1 is 0.818 bits per heavy atom. The van der Waals surface area contributed by atoms with Gasteiger partial charge < -0.3 is 15.1 Å². The zero-order valence-electron chi connectivity index (χ0n) is 19.0. The summed E-state index contributed by atoms with van der Waals surface area (Å²) in [4.78, 5) is 29.6. The molecule has 0 aliphatic carbocycles. The van der Waals surface area contributed by atoms with Crippen LogP contribution in [0.15, 0.2) is 78.9 Å². The number of hydrogen-bond donors (Lipinski definition) is 1. The number of fused-ring (bicyclic) bond motifs is 1. The van der Waals surface area contributed by atoms with Crippen LogP contribution in [0.2, 0.25) is 0 Å². The van der Waals surface area contributed by atoms with Gasteiger partial charge in [0.1, 0.15) is 0 Å². The average molecular weight is 440 g/mol. The molecule has 0 bridgehead atoms. The first-order valence-corrected chi connectivity index (χ1v) is 11.6. The van der Waals surface area contributed by atoms with E-state index in [0.29, 0.717) is 25.9 Å². The summed E-state index contributed by atoms with van der Waals surface area (Å²) in [6, 6.07) is 26.6. The fourth-order valence-electron chi connectivity index (χ4n) is 5.19. The molecule has 5 nitrogen and oxygen atoms in total. The van der Waals surface area contributed by atoms with Crippen LogP contribution < -0.4 is 10.2 Å². The fraction of sp³-hybridized carbons (Fsp3) is 0.286. The fourth-order valence-corrected chi connectivity index (χ4v) is 5.19. The van der Waals surface area contributed by atoms with Crippen molar-refractivity contribution in [2.45, 2.75) is 31.6 Å². The third-order valence-corrected chi connectivity index (χ3v) is 7.15. The first-order chi connectivity index (χ1) is 16.1. The second kappa shape index (κ2) is 8.74. The number of likely N-dealkylation sites (tertiary alicyclic amines) is 1. The molecule has 3 aromatic carbocycles. The summed E-state index contributed by atoms with van der Waals surface area (Å²) in [5.41, 5.74) is 4.92. The number of carbonyl (C=O) groups excluding carboxylic acids is 2. The lowest BCUT2D eigenvalue weighted by atomic mass is 9.72. The van der Waals surface area contributed by atoms with Gasteiger partial charge in [-0.2, -0.15) is 0 Å². The predicted octanol–water partition coefficient (Wildman–Crippen LogP) is 4.90. The van der Waals surface area contributed by atoms with E-state index in [1.54, 1.807) is 6.92 Å². The van der Waals surface area contributed by atoms with Crippen LogP contribution >= 0.6 is 0 Å². The molecule has 5 heteroatoms. The summed E-state index contributed by atoms with van der Waals surface area (Å²) < 4.78 is 0. The van der Waals surface area contributed by atoms with E-state index in [0.717, 1.165) is 29.9 Å². The van der Waals surface area contributed by atoms with Crippen LogP contribution in [-0.4, -0.2) is 36.3 Å². The molecular formula is C28H29N3O2. The molecule has 2 aliphatic rings. The normalized spacial score (nSPS) is 16.9. The highest BCUT2D eigenvalue weighted by Gasteiger charge is 2.43. The van der Waals surface area contributed by atoms with Crippen LogP contribution in [0.4, 0.5) is 17.1 Å². The molecule has 1 fully saturated rings. The Labute approximate surface area is 195 Å². The molecule has 2 aliphatic heterocycles. The summed E-state index contributed by atoms with van der Waals surface area (Å²) in [6.45, 7) is 3.74. The lowest BCUT2D eigenvalue weighted by Gasteiger charge is -2.40. The van der Waals surface area contributed by atoms with Gasteiger partial charge in [0.2, 0.25) is 11.8 Å². The van der Waals surface area contributed by atoms with Crippen molar-refractivity contribution in [3.8, 4) is 0 Å². The Morgan fingerprint density at radius 2 is 1.48 bits per heavy atom. The van der Waals surface area contributed by atoms with Crippen molar-refractivity contribution in [2.75, 3.05) is 29.9 Å². The van der Waals surface area contributed by atoms with E-state index < -0.39 is 5.41 Å². The monoisotopic (exact) mass is 439 g/mol. The van der Waals surface area contributed by atoms with Crippen LogP contribution in [-0.2, 0) is 21.4 Å². The van der Waals surface area contributed by atoms with E-state index in [2.05, 4.69) is 46.6 Å². The topological polar surface area (TPSA) is 52.7 Å². The zero-order valence-corrected chi connectivity index (χ0v) is 19.0. The molecule has 0 atom stereocenters. The van der Waals surface area contributed by atoms with E-state index in [1.807, 2.05) is 47.4 Å². The summed E-state index contributed by atoms with van der Waals surface area (Å²) in [6.07, 6.45) is 2.28. The van der Waals surface area contributed by atoms with Gasteiger partial charge >= 0.3 is 0 Å². The van der Waals surface area contributed by atoms with Crippen molar-refractivity contribution in [1.29, 1.82) is 0 Å². The number of carbonyl (C=O) groups is 2. The first kappa shape index (κ1) is 21.3. The highest BCUT2D eigenvalue weighted by Crippen LogP contribution is 2.38. The van der Waals surface area contributed by atoms with E-state index in [9.17, 15) is 9.59 Å². The van der Waals surface area contributed by atoms with E-state index >= 15 is 0 Å². The van der Waals surface area contributed by atoms with E-state index in [1.165, 1.54) is 11.3 Å². The van der Waals surface area contributed by atoms with Crippen molar-refractivity contribution >= 4 is 28.9 Å². The number of benzene rings is 3. The molecule has 1 N–H and O–H groups in total. The number of para-hydroxylation sites is 1. The van der Waals surface area contributed by atoms with Crippen molar-refractivity contribution in [3.63, 3.8) is 0 Å². The van der Waals surface area contributed by atoms with Gasteiger partial charge in [0.05, 0.1) is 5.41 Å². The lowest BCUT2D eigenvalue weighted by molar-refractivity contribution is -0.133. The standard InChI is InChI=1S/C28H29N3O2/c1-21(32)30-19-16-28(17-20-30,23-8-3-2-4-9-23)27(33)29-24-11-13-25(14-12-24)31-18-15-22-7-5-6-10-26(22)31/h2-14H,15-20H2,1H3,(H,29,33). The number of hydrogen-bond acceptors (Lipinski definition) is 3. The summed E-state index contributed by atoms with van der Waals surface area (Å²) in [5, 5.41) is 3.17. The third-order valence-electron chi connectivity index (χ3n) is 7.15. The van der Waals surface area contributed by atoms with Crippen LogP contribution in [0, 0.1) is 0 Å². The van der Waals surface area contributed by atoms with Gasteiger partial charge in [0.25, 0.3) is 0 Å². The molecule has 0 radical (unpaired) electrons. The first-order valence-electron chi connectivity index (χ1n) is 11.6. The minimum atomic E-state index is -0.639. The summed E-state index contributed by atoms with van der Waals surface area (Å²) in [5.74, 6) is 0.0623. The number of rotatable bonds is 4. The Kier molecular flexibility index (Phi) is 5.63. The average Bonchev–Trinajstić information content (AvgIpc) is 3.29. The number of anilines is 3. The predicted molar refractivity (Wildman–Crippen MR) is 132 cm³/mol. The quantitative estimate of drug-likeness (QED) is 0.629. The highest BCUT2D eigenvalue weighted by atomic mass is 16.2. The number of piperidine rings is 1. The van der Waals surface area contributed by atoms with E-state index in [4.69, 9.17) is 0 Å². The Hall–Kier alpha value is -3.60. The van der Waals surface area contributed by atoms with Gasteiger partial charge in [0.15, 0.2) is 0 Å². The largest absolute Gasteiger partial charge is 0.343 e. The minimum absolute atomic E-state index is 0.00355. The number of amides is 2. The summed E-state index contributed by atoms with van der Waals surface area (Å²) in [7, 11) is 0. The van der Waals surface area contributed by atoms with Crippen LogP contribution in [0.25, 0.3) is 0 Å². The molecule has 0 spiro atoms. The Morgan fingerprint density at radius 3 is 2.18 bits per heavy atom. The number of nitrogens with zero attached hydrogens (tertiary/aromatic N) is 2. The molecule has 0 saturated carbocycles. The van der Waals surface area contributed by atoms with Crippen molar-refractivity contribution in [1.82, 2.24) is 4.90 Å².